The zero-order valence-electron chi connectivity index (χ0n) is 8.29. The highest BCUT2D eigenvalue weighted by molar-refractivity contribution is 5.06. The molecule has 0 aromatic carbocycles. The highest BCUT2D eigenvalue weighted by Gasteiger charge is 2.36. The van der Waals surface area contributed by atoms with Crippen molar-refractivity contribution in [1.29, 1.82) is 0 Å². The highest BCUT2D eigenvalue weighted by Crippen LogP contribution is 2.45. The number of allylic oxidation sites excluding steroid dienone is 2. The molecule has 0 amide bonds. The molecule has 1 fully saturated rings. The van der Waals surface area contributed by atoms with E-state index in [0.717, 1.165) is 23.7 Å². The SMILES string of the molecule is CCC1CCC(C)C2C=CCC12. The fourth-order valence-electron chi connectivity index (χ4n) is 3.20. The third-order valence-corrected chi connectivity index (χ3v) is 4.04. The Kier molecular flexibility index (Phi) is 2.25. The fourth-order valence-corrected chi connectivity index (χ4v) is 3.20. The van der Waals surface area contributed by atoms with Crippen LogP contribution in [0.4, 0.5) is 0 Å². The molecular formula is C12H20. The fraction of sp³-hybridized carbons (Fsp3) is 0.833. The topological polar surface area (TPSA) is 0 Å². The zero-order valence-corrected chi connectivity index (χ0v) is 8.29. The molecule has 0 saturated heterocycles. The molecule has 2 rings (SSSR count). The van der Waals surface area contributed by atoms with Gasteiger partial charge in [-0.1, -0.05) is 32.4 Å². The van der Waals surface area contributed by atoms with Gasteiger partial charge in [0.05, 0.1) is 0 Å². The molecule has 0 heterocycles. The number of hydrogen-bond acceptors (Lipinski definition) is 0. The third kappa shape index (κ3) is 1.22. The van der Waals surface area contributed by atoms with Crippen LogP contribution in [0.5, 0.6) is 0 Å². The number of hydrogen-bond donors (Lipinski definition) is 0. The molecule has 1 saturated carbocycles. The number of fused-ring (bicyclic) bond motifs is 1. The van der Waals surface area contributed by atoms with Crippen molar-refractivity contribution in [3.63, 3.8) is 0 Å². The Labute approximate surface area is 76.1 Å². The summed E-state index contributed by atoms with van der Waals surface area (Å²) in [7, 11) is 0. The van der Waals surface area contributed by atoms with E-state index in [0.29, 0.717) is 0 Å². The van der Waals surface area contributed by atoms with Gasteiger partial charge in [-0.25, -0.2) is 0 Å². The first-order valence-corrected chi connectivity index (χ1v) is 5.49. The molecule has 68 valence electrons. The minimum atomic E-state index is 0.934. The Balaban J connectivity index is 2.09. The van der Waals surface area contributed by atoms with Crippen molar-refractivity contribution in [2.24, 2.45) is 23.7 Å². The van der Waals surface area contributed by atoms with Crippen molar-refractivity contribution in [3.05, 3.63) is 12.2 Å². The molecule has 0 aliphatic heterocycles. The second kappa shape index (κ2) is 3.24. The zero-order chi connectivity index (χ0) is 8.55. The van der Waals surface area contributed by atoms with Crippen LogP contribution in [-0.4, -0.2) is 0 Å². The van der Waals surface area contributed by atoms with Crippen molar-refractivity contribution >= 4 is 0 Å². The Bertz CT molecular complexity index is 180. The molecule has 0 nitrogen and oxygen atoms in total. The van der Waals surface area contributed by atoms with E-state index < -0.39 is 0 Å². The molecule has 2 aliphatic carbocycles. The van der Waals surface area contributed by atoms with Gasteiger partial charge in [-0.05, 0) is 42.9 Å². The normalized spacial score (nSPS) is 46.2. The first kappa shape index (κ1) is 8.34. The summed E-state index contributed by atoms with van der Waals surface area (Å²) in [4.78, 5) is 0. The number of rotatable bonds is 1. The second-order valence-electron chi connectivity index (χ2n) is 4.63. The van der Waals surface area contributed by atoms with Crippen molar-refractivity contribution in [2.45, 2.75) is 39.5 Å². The molecule has 0 spiro atoms. The monoisotopic (exact) mass is 164 g/mol. The van der Waals surface area contributed by atoms with Crippen molar-refractivity contribution in [2.75, 3.05) is 0 Å². The largest absolute Gasteiger partial charge is 0.0879 e. The summed E-state index contributed by atoms with van der Waals surface area (Å²) in [6, 6.07) is 0. The molecule has 0 heteroatoms. The lowest BCUT2D eigenvalue weighted by molar-refractivity contribution is 0.141. The van der Waals surface area contributed by atoms with Crippen molar-refractivity contribution in [3.8, 4) is 0 Å². The highest BCUT2D eigenvalue weighted by atomic mass is 14.4. The average Bonchev–Trinajstić information content (AvgIpc) is 2.54. The minimum absolute atomic E-state index is 0.934. The van der Waals surface area contributed by atoms with Gasteiger partial charge in [0.15, 0.2) is 0 Å². The summed E-state index contributed by atoms with van der Waals surface area (Å²) < 4.78 is 0. The van der Waals surface area contributed by atoms with Crippen molar-refractivity contribution < 1.29 is 0 Å². The van der Waals surface area contributed by atoms with Gasteiger partial charge in [0.1, 0.15) is 0 Å². The Hall–Kier alpha value is -0.260. The van der Waals surface area contributed by atoms with E-state index in [1.807, 2.05) is 0 Å². The maximum absolute atomic E-state index is 2.48. The van der Waals surface area contributed by atoms with Crippen LogP contribution in [0.3, 0.4) is 0 Å². The predicted octanol–water partition coefficient (Wildman–Crippen LogP) is 3.63. The smallest absolute Gasteiger partial charge is 0.0174 e. The Morgan fingerprint density at radius 1 is 1.33 bits per heavy atom. The van der Waals surface area contributed by atoms with E-state index in [1.165, 1.54) is 25.7 Å². The predicted molar refractivity (Wildman–Crippen MR) is 52.9 cm³/mol. The van der Waals surface area contributed by atoms with Gasteiger partial charge in [0.25, 0.3) is 0 Å². The molecular weight excluding hydrogens is 144 g/mol. The van der Waals surface area contributed by atoms with Crippen LogP contribution in [0.2, 0.25) is 0 Å². The summed E-state index contributed by atoms with van der Waals surface area (Å²) in [6.07, 6.45) is 10.6. The summed E-state index contributed by atoms with van der Waals surface area (Å²) in [5.41, 5.74) is 0. The van der Waals surface area contributed by atoms with E-state index >= 15 is 0 Å². The van der Waals surface area contributed by atoms with E-state index in [4.69, 9.17) is 0 Å². The van der Waals surface area contributed by atoms with Crippen LogP contribution in [0.1, 0.15) is 39.5 Å². The molecule has 0 radical (unpaired) electrons. The molecule has 0 aromatic rings. The standard InChI is InChI=1S/C12H20/c1-3-10-8-7-9(2)11-5-4-6-12(10)11/h4-5,9-12H,3,6-8H2,1-2H3. The lowest BCUT2D eigenvalue weighted by Crippen LogP contribution is -2.29. The minimum Gasteiger partial charge on any atom is -0.0879 e. The molecule has 2 aliphatic rings. The Morgan fingerprint density at radius 3 is 2.92 bits per heavy atom. The molecule has 12 heavy (non-hydrogen) atoms. The van der Waals surface area contributed by atoms with E-state index in [-0.39, 0.29) is 0 Å². The van der Waals surface area contributed by atoms with Crippen LogP contribution in [0.15, 0.2) is 12.2 Å². The lowest BCUT2D eigenvalue weighted by atomic mass is 9.68. The third-order valence-electron chi connectivity index (χ3n) is 4.04. The molecule has 0 bridgehead atoms. The maximum Gasteiger partial charge on any atom is -0.0174 e. The van der Waals surface area contributed by atoms with Gasteiger partial charge in [0.2, 0.25) is 0 Å². The van der Waals surface area contributed by atoms with Gasteiger partial charge in [0, 0.05) is 0 Å². The molecule has 4 atom stereocenters. The second-order valence-corrected chi connectivity index (χ2v) is 4.63. The Morgan fingerprint density at radius 2 is 2.17 bits per heavy atom. The van der Waals surface area contributed by atoms with Gasteiger partial charge in [-0.15, -0.1) is 0 Å². The van der Waals surface area contributed by atoms with E-state index in [1.54, 1.807) is 0 Å². The van der Waals surface area contributed by atoms with Gasteiger partial charge >= 0.3 is 0 Å². The maximum atomic E-state index is 2.48. The lowest BCUT2D eigenvalue weighted by Gasteiger charge is -2.37. The van der Waals surface area contributed by atoms with Crippen LogP contribution in [0, 0.1) is 23.7 Å². The molecule has 4 unspecified atom stereocenters. The van der Waals surface area contributed by atoms with E-state index in [9.17, 15) is 0 Å². The quantitative estimate of drug-likeness (QED) is 0.519. The first-order valence-electron chi connectivity index (χ1n) is 5.49. The average molecular weight is 164 g/mol. The van der Waals surface area contributed by atoms with Crippen LogP contribution < -0.4 is 0 Å². The van der Waals surface area contributed by atoms with Gasteiger partial charge in [-0.3, -0.25) is 0 Å². The van der Waals surface area contributed by atoms with E-state index in [2.05, 4.69) is 26.0 Å². The molecule has 0 aromatic heterocycles. The van der Waals surface area contributed by atoms with Crippen LogP contribution in [-0.2, 0) is 0 Å². The first-order chi connectivity index (χ1) is 5.83. The van der Waals surface area contributed by atoms with Crippen molar-refractivity contribution in [1.82, 2.24) is 0 Å². The summed E-state index contributed by atoms with van der Waals surface area (Å²) >= 11 is 0. The van der Waals surface area contributed by atoms with Crippen LogP contribution in [0.25, 0.3) is 0 Å². The van der Waals surface area contributed by atoms with Gasteiger partial charge in [-0.2, -0.15) is 0 Å². The summed E-state index contributed by atoms with van der Waals surface area (Å²) in [5.74, 6) is 3.93. The van der Waals surface area contributed by atoms with Gasteiger partial charge < -0.3 is 0 Å². The summed E-state index contributed by atoms with van der Waals surface area (Å²) in [5, 5.41) is 0. The van der Waals surface area contributed by atoms with Crippen LogP contribution >= 0.6 is 0 Å². The summed E-state index contributed by atoms with van der Waals surface area (Å²) in [6.45, 7) is 4.79. The molecule has 0 N–H and O–H groups in total.